The lowest BCUT2D eigenvalue weighted by Gasteiger charge is -2.24. The highest BCUT2D eigenvalue weighted by Gasteiger charge is 2.58. The van der Waals surface area contributed by atoms with Crippen LogP contribution in [0.15, 0.2) is 36.5 Å². The van der Waals surface area contributed by atoms with Crippen LogP contribution < -0.4 is 0 Å². The molecular weight excluding hydrogens is 260 g/mol. The summed E-state index contributed by atoms with van der Waals surface area (Å²) >= 11 is 0. The number of aromatic nitrogens is 1. The molecule has 0 aliphatic carbocycles. The van der Waals surface area contributed by atoms with Crippen molar-refractivity contribution in [3.8, 4) is 0 Å². The molecule has 0 amide bonds. The maximum Gasteiger partial charge on any atom is 0.427 e. The normalized spacial score (nSPS) is 15.0. The van der Waals surface area contributed by atoms with Crippen molar-refractivity contribution < 1.29 is 26.3 Å². The van der Waals surface area contributed by atoms with Crippen molar-refractivity contribution in [3.05, 3.63) is 36.5 Å². The van der Waals surface area contributed by atoms with Gasteiger partial charge in [0.15, 0.2) is 0 Å². The van der Waals surface area contributed by atoms with Gasteiger partial charge in [0, 0.05) is 6.20 Å². The molecule has 0 aliphatic rings. The van der Waals surface area contributed by atoms with E-state index >= 15 is 0 Å². The van der Waals surface area contributed by atoms with E-state index in [1.807, 2.05) is 0 Å². The molecule has 2 aromatic rings. The van der Waals surface area contributed by atoms with Gasteiger partial charge in [-0.25, -0.2) is 4.39 Å². The lowest BCUT2D eigenvalue weighted by atomic mass is 10.2. The van der Waals surface area contributed by atoms with Crippen molar-refractivity contribution in [1.29, 1.82) is 0 Å². The van der Waals surface area contributed by atoms with Crippen molar-refractivity contribution in [2.24, 2.45) is 0 Å². The monoisotopic (exact) mass is 267 g/mol. The average molecular weight is 267 g/mol. The fourth-order valence-electron chi connectivity index (χ4n) is 1.66. The Morgan fingerprint density at radius 1 is 0.944 bits per heavy atom. The molecule has 0 saturated carbocycles. The van der Waals surface area contributed by atoms with Crippen molar-refractivity contribution in [3.63, 3.8) is 0 Å². The van der Waals surface area contributed by atoms with Gasteiger partial charge in [-0.1, -0.05) is 18.2 Å². The summed E-state index contributed by atoms with van der Waals surface area (Å²) < 4.78 is 76.0. The zero-order valence-electron chi connectivity index (χ0n) is 8.76. The molecule has 0 N–H and O–H groups in total. The number of para-hydroxylation sites is 1. The summed E-state index contributed by atoms with van der Waals surface area (Å²) in [5, 5.41) is 0.312. The van der Waals surface area contributed by atoms with Gasteiger partial charge in [0.25, 0.3) is 6.17 Å². The predicted molar refractivity (Wildman–Crippen MR) is 53.1 cm³/mol. The highest BCUT2D eigenvalue weighted by molar-refractivity contribution is 5.80. The van der Waals surface area contributed by atoms with Crippen LogP contribution in [0, 0.1) is 0 Å². The van der Waals surface area contributed by atoms with E-state index in [2.05, 4.69) is 0 Å². The number of nitrogens with zero attached hydrogens (tertiary/aromatic N) is 1. The maximum atomic E-state index is 13.5. The Labute approximate surface area is 97.6 Å². The van der Waals surface area contributed by atoms with Gasteiger partial charge in [-0.3, -0.25) is 4.57 Å². The summed E-state index contributed by atoms with van der Waals surface area (Å²) in [4.78, 5) is 0. The zero-order valence-corrected chi connectivity index (χ0v) is 8.76. The Hall–Kier alpha value is -1.66. The number of halogens is 6. The summed E-state index contributed by atoms with van der Waals surface area (Å²) in [5.41, 5.74) is -0.158. The fraction of sp³-hybridized carbons (Fsp3) is 0.273. The van der Waals surface area contributed by atoms with Crippen molar-refractivity contribution in [2.45, 2.75) is 18.4 Å². The molecule has 7 heteroatoms. The number of alkyl halides is 6. The van der Waals surface area contributed by atoms with Gasteiger partial charge in [0.2, 0.25) is 0 Å². The van der Waals surface area contributed by atoms with E-state index in [1.54, 1.807) is 6.07 Å². The van der Waals surface area contributed by atoms with Crippen molar-refractivity contribution in [2.75, 3.05) is 0 Å². The minimum Gasteiger partial charge on any atom is -0.286 e. The Kier molecular flexibility index (Phi) is 2.79. The molecule has 1 unspecified atom stereocenters. The van der Waals surface area contributed by atoms with E-state index in [4.69, 9.17) is 0 Å². The van der Waals surface area contributed by atoms with Crippen LogP contribution >= 0.6 is 0 Å². The third-order valence-corrected chi connectivity index (χ3v) is 2.51. The van der Waals surface area contributed by atoms with E-state index in [9.17, 15) is 26.3 Å². The van der Waals surface area contributed by atoms with Gasteiger partial charge in [-0.05, 0) is 17.5 Å². The quantitative estimate of drug-likeness (QED) is 0.722. The van der Waals surface area contributed by atoms with E-state index < -0.39 is 18.4 Å². The average Bonchev–Trinajstić information content (AvgIpc) is 2.71. The van der Waals surface area contributed by atoms with Crippen LogP contribution in [0.5, 0.6) is 0 Å². The third-order valence-electron chi connectivity index (χ3n) is 2.51. The van der Waals surface area contributed by atoms with E-state index in [0.717, 1.165) is 6.20 Å². The zero-order chi connectivity index (χ0) is 13.6. The smallest absolute Gasteiger partial charge is 0.286 e. The molecule has 1 aromatic carbocycles. The molecule has 1 heterocycles. The number of benzene rings is 1. The summed E-state index contributed by atoms with van der Waals surface area (Å²) in [6.07, 6.45) is -9.13. The topological polar surface area (TPSA) is 4.93 Å². The lowest BCUT2D eigenvalue weighted by molar-refractivity contribution is -0.271. The Morgan fingerprint density at radius 2 is 1.56 bits per heavy atom. The predicted octanol–water partition coefficient (Wildman–Crippen LogP) is 4.09. The summed E-state index contributed by atoms with van der Waals surface area (Å²) in [6.45, 7) is 0. The molecular formula is C11H7F6N. The third kappa shape index (κ3) is 1.93. The molecule has 18 heavy (non-hydrogen) atoms. The minimum absolute atomic E-state index is 0.000486. The van der Waals surface area contributed by atoms with Gasteiger partial charge in [-0.2, -0.15) is 22.0 Å². The first kappa shape index (κ1) is 12.8. The van der Waals surface area contributed by atoms with Crippen LogP contribution in [0.4, 0.5) is 26.3 Å². The van der Waals surface area contributed by atoms with E-state index in [1.165, 1.54) is 24.3 Å². The Morgan fingerprint density at radius 3 is 2.17 bits per heavy atom. The Bertz CT molecular complexity index is 556. The van der Waals surface area contributed by atoms with Crippen molar-refractivity contribution >= 4 is 10.9 Å². The molecule has 0 aliphatic heterocycles. The first-order chi connectivity index (χ1) is 8.24. The van der Waals surface area contributed by atoms with Gasteiger partial charge in [0.1, 0.15) is 0 Å². The van der Waals surface area contributed by atoms with Gasteiger partial charge in [-0.15, -0.1) is 0 Å². The second kappa shape index (κ2) is 3.93. The summed E-state index contributed by atoms with van der Waals surface area (Å²) in [6, 6.07) is 2.10. The maximum absolute atomic E-state index is 13.5. The van der Waals surface area contributed by atoms with Gasteiger partial charge >= 0.3 is 12.2 Å². The highest BCUT2D eigenvalue weighted by Crippen LogP contribution is 2.40. The minimum atomic E-state index is -5.62. The Balaban J connectivity index is 2.53. The van der Waals surface area contributed by atoms with Crippen LogP contribution in [0.1, 0.15) is 0 Å². The fourth-order valence-corrected chi connectivity index (χ4v) is 1.66. The number of hydrogen-bond acceptors (Lipinski definition) is 0. The van der Waals surface area contributed by atoms with Crippen LogP contribution in [-0.2, 0) is 6.05 Å². The van der Waals surface area contributed by atoms with Crippen molar-refractivity contribution in [1.82, 2.24) is 4.57 Å². The molecule has 0 fully saturated rings. The SMILES string of the molecule is FC(C(F)(F)F)C(F)(F)n1ccc2ccccc21. The van der Waals surface area contributed by atoms with Gasteiger partial charge in [0.05, 0.1) is 5.52 Å². The lowest BCUT2D eigenvalue weighted by Crippen LogP contribution is -2.43. The molecule has 0 spiro atoms. The molecule has 0 radical (unpaired) electrons. The molecule has 1 aromatic heterocycles. The molecule has 98 valence electrons. The molecule has 2 rings (SSSR count). The summed E-state index contributed by atoms with van der Waals surface area (Å²) in [7, 11) is 0. The molecule has 0 saturated heterocycles. The van der Waals surface area contributed by atoms with E-state index in [0.29, 0.717) is 5.39 Å². The van der Waals surface area contributed by atoms with Crippen LogP contribution in [0.2, 0.25) is 0 Å². The molecule has 1 nitrogen and oxygen atoms in total. The second-order valence-corrected chi connectivity index (χ2v) is 3.74. The first-order valence-electron chi connectivity index (χ1n) is 4.90. The summed E-state index contributed by atoms with van der Waals surface area (Å²) in [5.74, 6) is 0. The highest BCUT2D eigenvalue weighted by atomic mass is 19.4. The standard InChI is InChI=1S/C11H7F6N/c12-9(10(13,14)15)11(16,17)18-6-5-7-3-1-2-4-8(7)18/h1-6,9H. The van der Waals surface area contributed by atoms with E-state index in [-0.39, 0.29) is 10.1 Å². The van der Waals surface area contributed by atoms with Crippen LogP contribution in [-0.4, -0.2) is 16.9 Å². The van der Waals surface area contributed by atoms with Crippen LogP contribution in [0.25, 0.3) is 10.9 Å². The molecule has 0 bridgehead atoms. The van der Waals surface area contributed by atoms with Gasteiger partial charge < -0.3 is 0 Å². The number of fused-ring (bicyclic) bond motifs is 1. The first-order valence-corrected chi connectivity index (χ1v) is 4.90. The molecule has 1 atom stereocenters. The van der Waals surface area contributed by atoms with Crippen LogP contribution in [0.3, 0.4) is 0 Å². The number of rotatable bonds is 2. The number of hydrogen-bond donors (Lipinski definition) is 0. The largest absolute Gasteiger partial charge is 0.427 e. The second-order valence-electron chi connectivity index (χ2n) is 3.74.